The number of nitrogens with zero attached hydrogens (tertiary/aromatic N) is 4. The molecule has 2 rings (SSSR count). The molecule has 0 atom stereocenters. The first-order valence-electron chi connectivity index (χ1n) is 8.05. The minimum atomic E-state index is 0.446. The van der Waals surface area contributed by atoms with E-state index in [2.05, 4.69) is 47.7 Å². The van der Waals surface area contributed by atoms with Crippen LogP contribution in [0.2, 0.25) is 0 Å². The van der Waals surface area contributed by atoms with Crippen LogP contribution in [0.5, 0.6) is 0 Å². The Labute approximate surface area is 143 Å². The molecule has 0 fully saturated rings. The zero-order chi connectivity index (χ0) is 17.5. The van der Waals surface area contributed by atoms with Gasteiger partial charge in [-0.3, -0.25) is 0 Å². The van der Waals surface area contributed by atoms with E-state index in [0.29, 0.717) is 5.57 Å². The molecule has 0 bridgehead atoms. The van der Waals surface area contributed by atoms with Gasteiger partial charge in [-0.15, -0.1) is 0 Å². The van der Waals surface area contributed by atoms with E-state index in [1.54, 1.807) is 0 Å². The van der Waals surface area contributed by atoms with Crippen LogP contribution in [0.4, 0.5) is 17.1 Å². The van der Waals surface area contributed by atoms with E-state index >= 15 is 0 Å². The summed E-state index contributed by atoms with van der Waals surface area (Å²) in [4.78, 5) is 2.30. The number of allylic oxidation sites excluding steroid dienone is 1. The van der Waals surface area contributed by atoms with Crippen LogP contribution in [0.1, 0.15) is 25.0 Å². The van der Waals surface area contributed by atoms with Crippen molar-refractivity contribution >= 4 is 22.6 Å². The number of nitriles is 1. The molecule has 0 spiro atoms. The molecule has 0 saturated carbocycles. The first-order chi connectivity index (χ1) is 11.6. The van der Waals surface area contributed by atoms with Crippen LogP contribution in [0.15, 0.2) is 59.3 Å². The second-order valence-corrected chi connectivity index (χ2v) is 5.48. The van der Waals surface area contributed by atoms with Crippen LogP contribution in [-0.2, 0) is 0 Å². The molecular formula is C20H22N4. The Hall–Kier alpha value is -2.93. The van der Waals surface area contributed by atoms with E-state index in [9.17, 15) is 0 Å². The van der Waals surface area contributed by atoms with Gasteiger partial charge in [-0.1, -0.05) is 18.7 Å². The molecule has 0 amide bonds. The van der Waals surface area contributed by atoms with Gasteiger partial charge in [0.25, 0.3) is 0 Å². The average Bonchev–Trinajstić information content (AvgIpc) is 2.62. The Kier molecular flexibility index (Phi) is 5.86. The van der Waals surface area contributed by atoms with E-state index in [1.165, 1.54) is 5.69 Å². The molecule has 0 aliphatic carbocycles. The van der Waals surface area contributed by atoms with Gasteiger partial charge in [0, 0.05) is 18.8 Å². The summed E-state index contributed by atoms with van der Waals surface area (Å²) in [6.45, 7) is 12.0. The normalized spacial score (nSPS) is 10.6. The number of azo groups is 1. The molecule has 0 saturated heterocycles. The van der Waals surface area contributed by atoms with Gasteiger partial charge in [-0.05, 0) is 62.2 Å². The third-order valence-corrected chi connectivity index (χ3v) is 3.93. The first-order valence-corrected chi connectivity index (χ1v) is 8.05. The number of aryl methyl sites for hydroxylation is 1. The zero-order valence-electron chi connectivity index (χ0n) is 14.5. The van der Waals surface area contributed by atoms with Crippen molar-refractivity contribution in [2.45, 2.75) is 20.8 Å². The standard InChI is InChI=1S/C20H22N4/c1-5-24(6-2)19-11-12-20(15(3)13-19)23-22-18-9-7-17(8-10-18)16(4)14-21/h7-13H,4-6H2,1-3H3. The van der Waals surface area contributed by atoms with Crippen LogP contribution < -0.4 is 4.90 Å². The smallest absolute Gasteiger partial charge is 0.0991 e. The maximum absolute atomic E-state index is 8.84. The molecule has 2 aromatic rings. The predicted octanol–water partition coefficient (Wildman–Crippen LogP) is 5.79. The molecule has 24 heavy (non-hydrogen) atoms. The molecule has 0 unspecified atom stereocenters. The number of rotatable bonds is 6. The summed E-state index contributed by atoms with van der Waals surface area (Å²) in [5, 5.41) is 17.5. The van der Waals surface area contributed by atoms with Crippen molar-refractivity contribution in [3.05, 3.63) is 60.2 Å². The van der Waals surface area contributed by atoms with Crippen LogP contribution in [0.25, 0.3) is 5.57 Å². The van der Waals surface area contributed by atoms with Gasteiger partial charge in [0.2, 0.25) is 0 Å². The maximum Gasteiger partial charge on any atom is 0.0991 e. The van der Waals surface area contributed by atoms with E-state index < -0.39 is 0 Å². The summed E-state index contributed by atoms with van der Waals surface area (Å²) in [5.74, 6) is 0. The van der Waals surface area contributed by atoms with E-state index in [4.69, 9.17) is 5.26 Å². The minimum absolute atomic E-state index is 0.446. The molecular weight excluding hydrogens is 296 g/mol. The van der Waals surface area contributed by atoms with Crippen LogP contribution in [0, 0.1) is 18.3 Å². The second-order valence-electron chi connectivity index (χ2n) is 5.48. The lowest BCUT2D eigenvalue weighted by Crippen LogP contribution is -2.21. The molecule has 0 aliphatic rings. The van der Waals surface area contributed by atoms with Crippen molar-refractivity contribution in [1.29, 1.82) is 5.26 Å². The summed E-state index contributed by atoms with van der Waals surface area (Å²) >= 11 is 0. The van der Waals surface area contributed by atoms with Gasteiger partial charge in [0.15, 0.2) is 0 Å². The van der Waals surface area contributed by atoms with E-state index in [1.807, 2.05) is 43.3 Å². The summed E-state index contributed by atoms with van der Waals surface area (Å²) in [6, 6.07) is 15.6. The van der Waals surface area contributed by atoms with Crippen LogP contribution >= 0.6 is 0 Å². The maximum atomic E-state index is 8.84. The van der Waals surface area contributed by atoms with Gasteiger partial charge in [-0.25, -0.2) is 0 Å². The molecule has 2 aromatic carbocycles. The van der Waals surface area contributed by atoms with Crippen molar-refractivity contribution in [1.82, 2.24) is 0 Å². The van der Waals surface area contributed by atoms with E-state index in [-0.39, 0.29) is 0 Å². The van der Waals surface area contributed by atoms with Gasteiger partial charge in [0.05, 0.1) is 23.0 Å². The molecule has 0 aliphatic heterocycles. The molecule has 0 radical (unpaired) electrons. The van der Waals surface area contributed by atoms with E-state index in [0.717, 1.165) is 35.6 Å². The molecule has 0 aromatic heterocycles. The summed E-state index contributed by atoms with van der Waals surface area (Å²) < 4.78 is 0. The van der Waals surface area contributed by atoms with Crippen molar-refractivity contribution in [2.75, 3.05) is 18.0 Å². The van der Waals surface area contributed by atoms with Crippen molar-refractivity contribution < 1.29 is 0 Å². The van der Waals surface area contributed by atoms with Crippen molar-refractivity contribution in [3.63, 3.8) is 0 Å². The molecule has 4 nitrogen and oxygen atoms in total. The molecule has 122 valence electrons. The SMILES string of the molecule is C=C(C#N)c1ccc(N=Nc2ccc(N(CC)CC)cc2C)cc1. The summed E-state index contributed by atoms with van der Waals surface area (Å²) in [7, 11) is 0. The fourth-order valence-corrected chi connectivity index (χ4v) is 2.44. The predicted molar refractivity (Wildman–Crippen MR) is 100 cm³/mol. The third kappa shape index (κ3) is 4.08. The fourth-order valence-electron chi connectivity index (χ4n) is 2.44. The quantitative estimate of drug-likeness (QED) is 0.499. The van der Waals surface area contributed by atoms with Gasteiger partial charge < -0.3 is 4.90 Å². The first kappa shape index (κ1) is 17.4. The third-order valence-electron chi connectivity index (χ3n) is 3.93. The Bertz CT molecular complexity index is 778. The van der Waals surface area contributed by atoms with Crippen LogP contribution in [0.3, 0.4) is 0 Å². The van der Waals surface area contributed by atoms with Gasteiger partial charge >= 0.3 is 0 Å². The number of hydrogen-bond acceptors (Lipinski definition) is 4. The molecule has 0 heterocycles. The Balaban J connectivity index is 2.17. The lowest BCUT2D eigenvalue weighted by atomic mass is 10.1. The number of anilines is 1. The Morgan fingerprint density at radius 1 is 1.08 bits per heavy atom. The molecule has 0 N–H and O–H groups in total. The average molecular weight is 318 g/mol. The summed E-state index contributed by atoms with van der Waals surface area (Å²) in [6.07, 6.45) is 0. The second kappa shape index (κ2) is 8.07. The minimum Gasteiger partial charge on any atom is -0.372 e. The highest BCUT2D eigenvalue weighted by atomic mass is 15.1. The molecule has 4 heteroatoms. The fraction of sp³-hybridized carbons (Fsp3) is 0.250. The Morgan fingerprint density at radius 3 is 2.29 bits per heavy atom. The van der Waals surface area contributed by atoms with Gasteiger partial charge in [0.1, 0.15) is 0 Å². The topological polar surface area (TPSA) is 51.8 Å². The zero-order valence-corrected chi connectivity index (χ0v) is 14.5. The largest absolute Gasteiger partial charge is 0.372 e. The highest BCUT2D eigenvalue weighted by Crippen LogP contribution is 2.27. The van der Waals surface area contributed by atoms with Crippen molar-refractivity contribution in [3.8, 4) is 6.07 Å². The van der Waals surface area contributed by atoms with Crippen LogP contribution in [-0.4, -0.2) is 13.1 Å². The number of benzene rings is 2. The van der Waals surface area contributed by atoms with Crippen molar-refractivity contribution in [2.24, 2.45) is 10.2 Å². The van der Waals surface area contributed by atoms with Gasteiger partial charge in [-0.2, -0.15) is 15.5 Å². The number of hydrogen-bond donors (Lipinski definition) is 0. The highest BCUT2D eigenvalue weighted by Gasteiger charge is 2.04. The lowest BCUT2D eigenvalue weighted by Gasteiger charge is -2.21. The lowest BCUT2D eigenvalue weighted by molar-refractivity contribution is 0.865. The highest BCUT2D eigenvalue weighted by molar-refractivity contribution is 5.75. The Morgan fingerprint density at radius 2 is 1.75 bits per heavy atom. The summed E-state index contributed by atoms with van der Waals surface area (Å²) in [5.41, 5.74) is 5.15. The monoisotopic (exact) mass is 318 g/mol.